The normalized spacial score (nSPS) is 17.7. The minimum Gasteiger partial charge on any atom is -0.480 e. The van der Waals surface area contributed by atoms with Gasteiger partial charge in [0.15, 0.2) is 5.84 Å². The van der Waals surface area contributed by atoms with Crippen molar-refractivity contribution >= 4 is 22.8 Å². The third-order valence-corrected chi connectivity index (χ3v) is 6.12. The van der Waals surface area contributed by atoms with Gasteiger partial charge in [0.1, 0.15) is 18.5 Å². The number of likely N-dealkylation sites (N-methyl/N-ethyl adjacent to an activating group) is 1. The Bertz CT molecular complexity index is 1320. The Labute approximate surface area is 193 Å². The largest absolute Gasteiger partial charge is 0.480 e. The van der Waals surface area contributed by atoms with Gasteiger partial charge in [-0.15, -0.1) is 0 Å². The fourth-order valence-electron chi connectivity index (χ4n) is 4.68. The SMILES string of the molecule is CCC1N=C2C(=CC(C)=CN2C)N1Cc1ccc2c(c1)nc(-c1ccccc1)n2CC(=O)O. The van der Waals surface area contributed by atoms with E-state index in [1.165, 1.54) is 5.57 Å². The van der Waals surface area contributed by atoms with Crippen LogP contribution in [0.1, 0.15) is 25.8 Å². The summed E-state index contributed by atoms with van der Waals surface area (Å²) in [5.74, 6) is 0.784. The number of hydrogen-bond donors (Lipinski definition) is 1. The fourth-order valence-corrected chi connectivity index (χ4v) is 4.68. The number of aromatic nitrogens is 2. The van der Waals surface area contributed by atoms with Crippen LogP contribution < -0.4 is 0 Å². The Morgan fingerprint density at radius 2 is 1.94 bits per heavy atom. The van der Waals surface area contributed by atoms with E-state index in [2.05, 4.69) is 48.1 Å². The summed E-state index contributed by atoms with van der Waals surface area (Å²) < 4.78 is 1.77. The highest BCUT2D eigenvalue weighted by Gasteiger charge is 2.33. The lowest BCUT2D eigenvalue weighted by atomic mass is 10.1. The van der Waals surface area contributed by atoms with Gasteiger partial charge in [0.05, 0.1) is 16.7 Å². The summed E-state index contributed by atoms with van der Waals surface area (Å²) in [6, 6.07) is 15.8. The van der Waals surface area contributed by atoms with Crippen LogP contribution in [0.25, 0.3) is 22.4 Å². The zero-order valence-electron chi connectivity index (χ0n) is 19.1. The molecule has 0 spiro atoms. The second-order valence-electron chi connectivity index (χ2n) is 8.59. The van der Waals surface area contributed by atoms with Gasteiger partial charge in [-0.05, 0) is 42.7 Å². The first-order chi connectivity index (χ1) is 15.9. The number of allylic oxidation sites excluding steroid dienone is 2. The molecule has 0 bridgehead atoms. The van der Waals surface area contributed by atoms with Crippen molar-refractivity contribution in [3.8, 4) is 11.4 Å². The standard InChI is InChI=1S/C26H27N5O2/c1-4-23-28-26-22(12-17(2)14-29(26)3)30(23)15-18-10-11-21-20(13-18)27-25(31(21)16-24(32)33)19-8-6-5-7-9-19/h5-14,23H,4,15-16H2,1-3H3,(H,32,33). The molecule has 2 aliphatic heterocycles. The van der Waals surface area contributed by atoms with Gasteiger partial charge in [-0.2, -0.15) is 0 Å². The number of carboxylic acids is 1. The predicted molar refractivity (Wildman–Crippen MR) is 129 cm³/mol. The Kier molecular flexibility index (Phi) is 5.24. The number of rotatable bonds is 6. The lowest BCUT2D eigenvalue weighted by Gasteiger charge is -2.29. The summed E-state index contributed by atoms with van der Waals surface area (Å²) in [4.78, 5) is 25.8. The number of aliphatic imine (C=N–C) groups is 1. The van der Waals surface area contributed by atoms with Crippen LogP contribution in [0.2, 0.25) is 0 Å². The molecule has 0 fully saturated rings. The lowest BCUT2D eigenvalue weighted by molar-refractivity contribution is -0.137. The molecule has 33 heavy (non-hydrogen) atoms. The molecule has 7 nitrogen and oxygen atoms in total. The van der Waals surface area contributed by atoms with Crippen LogP contribution in [0.15, 0.2) is 77.1 Å². The Hall–Kier alpha value is -3.87. The van der Waals surface area contributed by atoms with Crippen LogP contribution >= 0.6 is 0 Å². The second-order valence-corrected chi connectivity index (χ2v) is 8.59. The number of benzene rings is 2. The average molecular weight is 442 g/mol. The lowest BCUT2D eigenvalue weighted by Crippen LogP contribution is -2.32. The van der Waals surface area contributed by atoms with Crippen LogP contribution in [-0.4, -0.2) is 49.5 Å². The third-order valence-electron chi connectivity index (χ3n) is 6.12. The van der Waals surface area contributed by atoms with Crippen molar-refractivity contribution in [1.82, 2.24) is 19.4 Å². The maximum Gasteiger partial charge on any atom is 0.323 e. The molecule has 0 saturated heterocycles. The third kappa shape index (κ3) is 3.80. The van der Waals surface area contributed by atoms with E-state index >= 15 is 0 Å². The Balaban J connectivity index is 1.53. The molecule has 2 aromatic carbocycles. The van der Waals surface area contributed by atoms with E-state index in [0.717, 1.165) is 40.1 Å². The van der Waals surface area contributed by atoms with E-state index < -0.39 is 5.97 Å². The molecule has 1 unspecified atom stereocenters. The van der Waals surface area contributed by atoms with Crippen LogP contribution in [-0.2, 0) is 17.9 Å². The summed E-state index contributed by atoms with van der Waals surface area (Å²) in [5.41, 5.74) is 5.98. The number of amidine groups is 1. The first-order valence-electron chi connectivity index (χ1n) is 11.2. The minimum absolute atomic E-state index is 0.0909. The molecule has 0 saturated carbocycles. The van der Waals surface area contributed by atoms with Crippen molar-refractivity contribution in [2.45, 2.75) is 39.5 Å². The maximum absolute atomic E-state index is 11.6. The molecular formula is C26H27N5O2. The first-order valence-corrected chi connectivity index (χ1v) is 11.2. The Morgan fingerprint density at radius 1 is 1.15 bits per heavy atom. The molecule has 168 valence electrons. The van der Waals surface area contributed by atoms with Crippen molar-refractivity contribution in [2.75, 3.05) is 7.05 Å². The molecule has 3 heterocycles. The summed E-state index contributed by atoms with van der Waals surface area (Å²) >= 11 is 0. The first kappa shape index (κ1) is 21.0. The van der Waals surface area contributed by atoms with E-state index in [1.54, 1.807) is 4.57 Å². The molecular weight excluding hydrogens is 414 g/mol. The van der Waals surface area contributed by atoms with Gasteiger partial charge in [0.2, 0.25) is 0 Å². The highest BCUT2D eigenvalue weighted by Crippen LogP contribution is 2.32. The monoisotopic (exact) mass is 441 g/mol. The van der Waals surface area contributed by atoms with E-state index in [9.17, 15) is 9.90 Å². The van der Waals surface area contributed by atoms with Crippen molar-refractivity contribution in [3.05, 3.63) is 77.6 Å². The summed E-state index contributed by atoms with van der Waals surface area (Å²) in [7, 11) is 2.04. The number of carbonyl (C=O) groups is 1. The average Bonchev–Trinajstić information content (AvgIpc) is 3.32. The van der Waals surface area contributed by atoms with Gasteiger partial charge >= 0.3 is 5.97 Å². The molecule has 2 aliphatic rings. The van der Waals surface area contributed by atoms with E-state index in [1.807, 2.05) is 43.4 Å². The summed E-state index contributed by atoms with van der Waals surface area (Å²) in [6.07, 6.45) is 5.31. The molecule has 0 amide bonds. The van der Waals surface area contributed by atoms with Crippen molar-refractivity contribution in [1.29, 1.82) is 0 Å². The van der Waals surface area contributed by atoms with Crippen LogP contribution in [0.4, 0.5) is 0 Å². The molecule has 1 atom stereocenters. The van der Waals surface area contributed by atoms with E-state index in [-0.39, 0.29) is 12.7 Å². The number of fused-ring (bicyclic) bond motifs is 2. The second kappa shape index (κ2) is 8.24. The van der Waals surface area contributed by atoms with Crippen LogP contribution in [0.3, 0.4) is 0 Å². The van der Waals surface area contributed by atoms with Crippen LogP contribution in [0, 0.1) is 0 Å². The highest BCUT2D eigenvalue weighted by molar-refractivity contribution is 6.01. The predicted octanol–water partition coefficient (Wildman–Crippen LogP) is 4.47. The number of nitrogens with zero attached hydrogens (tertiary/aromatic N) is 5. The molecule has 1 N–H and O–H groups in total. The van der Waals surface area contributed by atoms with Gasteiger partial charge in [-0.1, -0.05) is 43.3 Å². The topological polar surface area (TPSA) is 74.0 Å². The van der Waals surface area contributed by atoms with E-state index in [4.69, 9.17) is 9.98 Å². The zero-order valence-corrected chi connectivity index (χ0v) is 19.1. The molecule has 0 aliphatic carbocycles. The number of imidazole rings is 1. The van der Waals surface area contributed by atoms with Gasteiger partial charge in [-0.25, -0.2) is 9.98 Å². The maximum atomic E-state index is 11.6. The molecule has 1 aromatic heterocycles. The Morgan fingerprint density at radius 3 is 2.67 bits per heavy atom. The smallest absolute Gasteiger partial charge is 0.323 e. The van der Waals surface area contributed by atoms with E-state index in [0.29, 0.717) is 12.4 Å². The highest BCUT2D eigenvalue weighted by atomic mass is 16.4. The van der Waals surface area contributed by atoms with Crippen molar-refractivity contribution in [2.24, 2.45) is 4.99 Å². The molecule has 7 heteroatoms. The molecule has 5 rings (SSSR count). The quantitative estimate of drug-likeness (QED) is 0.611. The molecule has 0 radical (unpaired) electrons. The number of hydrogen-bond acceptors (Lipinski definition) is 5. The van der Waals surface area contributed by atoms with Gasteiger partial charge in [0, 0.05) is 25.4 Å². The van der Waals surface area contributed by atoms with Crippen molar-refractivity contribution in [3.63, 3.8) is 0 Å². The minimum atomic E-state index is -0.889. The van der Waals surface area contributed by atoms with Crippen LogP contribution in [0.5, 0.6) is 0 Å². The van der Waals surface area contributed by atoms with Crippen molar-refractivity contribution < 1.29 is 9.90 Å². The summed E-state index contributed by atoms with van der Waals surface area (Å²) in [5, 5.41) is 9.49. The zero-order chi connectivity index (χ0) is 23.1. The number of aliphatic carboxylic acids is 1. The summed E-state index contributed by atoms with van der Waals surface area (Å²) in [6.45, 7) is 4.83. The molecule has 3 aromatic rings. The van der Waals surface area contributed by atoms with Gasteiger partial charge in [-0.3, -0.25) is 4.79 Å². The van der Waals surface area contributed by atoms with Gasteiger partial charge < -0.3 is 19.5 Å². The van der Waals surface area contributed by atoms with Gasteiger partial charge in [0.25, 0.3) is 0 Å². The number of carboxylic acid groups (broad SMARTS) is 1. The fraction of sp³-hybridized carbons (Fsp3) is 0.269.